The summed E-state index contributed by atoms with van der Waals surface area (Å²) in [5.74, 6) is 0.302. The highest BCUT2D eigenvalue weighted by Gasteiger charge is 2.16. The van der Waals surface area contributed by atoms with Gasteiger partial charge in [0.15, 0.2) is 0 Å². The Balaban J connectivity index is 1.74. The van der Waals surface area contributed by atoms with E-state index in [0.29, 0.717) is 19.0 Å². The van der Waals surface area contributed by atoms with E-state index in [1.165, 1.54) is 6.20 Å². The molecule has 10 nitrogen and oxygen atoms in total. The average Bonchev–Trinajstić information content (AvgIpc) is 3.01. The molecule has 0 spiro atoms. The lowest BCUT2D eigenvalue weighted by atomic mass is 10.4. The van der Waals surface area contributed by atoms with Crippen LogP contribution in [0.3, 0.4) is 0 Å². The topological polar surface area (TPSA) is 122 Å². The Morgan fingerprint density at radius 2 is 2.20 bits per heavy atom. The quantitative estimate of drug-likeness (QED) is 0.738. The molecule has 1 fully saturated rings. The lowest BCUT2D eigenvalue weighted by molar-refractivity contribution is 0.102. The normalized spacial score (nSPS) is 15.1. The summed E-state index contributed by atoms with van der Waals surface area (Å²) in [6, 6.07) is 0. The fourth-order valence-electron chi connectivity index (χ4n) is 1.79. The highest BCUT2D eigenvalue weighted by molar-refractivity contribution is 6.01. The molecule has 3 rings (SSSR count). The summed E-state index contributed by atoms with van der Waals surface area (Å²) < 4.78 is 5.27. The number of H-pyrrole nitrogens is 1. The maximum atomic E-state index is 12.0. The Morgan fingerprint density at radius 3 is 2.95 bits per heavy atom. The number of nitrogens with zero attached hydrogens (tertiary/aromatic N) is 6. The van der Waals surface area contributed by atoms with Crippen molar-refractivity contribution >= 4 is 17.7 Å². The second-order valence-corrected chi connectivity index (χ2v) is 4.05. The molecule has 0 saturated carbocycles. The number of tetrazole rings is 1. The number of carbonyl (C=O) groups is 1. The molecular formula is C10H12N8O2. The highest BCUT2D eigenvalue weighted by atomic mass is 16.5. The molecular weight excluding hydrogens is 264 g/mol. The molecule has 0 atom stereocenters. The third kappa shape index (κ3) is 2.69. The predicted octanol–water partition coefficient (Wildman–Crippen LogP) is -0.921. The Morgan fingerprint density at radius 1 is 1.35 bits per heavy atom. The lowest BCUT2D eigenvalue weighted by Gasteiger charge is -2.27. The SMILES string of the molecule is O=C(Nc1nn[nH]n1)c1cncc(N2CCOCC2)n1. The van der Waals surface area contributed by atoms with E-state index in [0.717, 1.165) is 13.1 Å². The van der Waals surface area contributed by atoms with Gasteiger partial charge in [-0.15, -0.1) is 5.10 Å². The maximum Gasteiger partial charge on any atom is 0.278 e. The van der Waals surface area contributed by atoms with Gasteiger partial charge in [0.25, 0.3) is 11.9 Å². The van der Waals surface area contributed by atoms with Gasteiger partial charge in [0.05, 0.1) is 25.6 Å². The third-order valence-corrected chi connectivity index (χ3v) is 2.76. The molecule has 104 valence electrons. The number of amides is 1. The number of hydrogen-bond donors (Lipinski definition) is 2. The second-order valence-electron chi connectivity index (χ2n) is 4.05. The molecule has 0 radical (unpaired) electrons. The van der Waals surface area contributed by atoms with Crippen molar-refractivity contribution in [1.29, 1.82) is 0 Å². The number of rotatable bonds is 3. The fraction of sp³-hybridized carbons (Fsp3) is 0.400. The van der Waals surface area contributed by atoms with E-state index in [1.807, 2.05) is 4.90 Å². The first-order valence-corrected chi connectivity index (χ1v) is 6.02. The first-order valence-electron chi connectivity index (χ1n) is 6.02. The molecule has 0 aliphatic carbocycles. The Kier molecular flexibility index (Phi) is 3.46. The standard InChI is InChI=1S/C10H12N8O2/c19-9(13-10-14-16-17-15-10)7-5-11-6-8(12-7)18-1-3-20-4-2-18/h5-6H,1-4H2,(H2,13,14,15,16,17,19). The molecule has 2 N–H and O–H groups in total. The molecule has 2 aromatic rings. The van der Waals surface area contributed by atoms with Crippen LogP contribution < -0.4 is 10.2 Å². The summed E-state index contributed by atoms with van der Waals surface area (Å²) in [7, 11) is 0. The molecule has 10 heteroatoms. The first-order chi connectivity index (χ1) is 9.83. The van der Waals surface area contributed by atoms with Crippen LogP contribution in [0.25, 0.3) is 0 Å². The van der Waals surface area contributed by atoms with Crippen LogP contribution in [-0.2, 0) is 4.74 Å². The number of anilines is 2. The van der Waals surface area contributed by atoms with Crippen LogP contribution in [0.2, 0.25) is 0 Å². The van der Waals surface area contributed by atoms with Crippen molar-refractivity contribution < 1.29 is 9.53 Å². The van der Waals surface area contributed by atoms with E-state index in [9.17, 15) is 4.79 Å². The summed E-state index contributed by atoms with van der Waals surface area (Å²) in [6.07, 6.45) is 3.01. The molecule has 3 heterocycles. The zero-order valence-electron chi connectivity index (χ0n) is 10.5. The number of hydrogen-bond acceptors (Lipinski definition) is 8. The average molecular weight is 276 g/mol. The lowest BCUT2D eigenvalue weighted by Crippen LogP contribution is -2.37. The van der Waals surface area contributed by atoms with Gasteiger partial charge in [0.1, 0.15) is 11.5 Å². The molecule has 1 aliphatic heterocycles. The third-order valence-electron chi connectivity index (χ3n) is 2.76. The summed E-state index contributed by atoms with van der Waals surface area (Å²) in [4.78, 5) is 22.3. The zero-order chi connectivity index (χ0) is 13.8. The molecule has 0 aromatic carbocycles. The maximum absolute atomic E-state index is 12.0. The summed E-state index contributed by atoms with van der Waals surface area (Å²) in [5, 5.41) is 15.3. The van der Waals surface area contributed by atoms with Crippen LogP contribution in [0.4, 0.5) is 11.8 Å². The summed E-state index contributed by atoms with van der Waals surface area (Å²) in [6.45, 7) is 2.73. The zero-order valence-corrected chi connectivity index (χ0v) is 10.5. The summed E-state index contributed by atoms with van der Waals surface area (Å²) >= 11 is 0. The van der Waals surface area contributed by atoms with Gasteiger partial charge < -0.3 is 9.64 Å². The van der Waals surface area contributed by atoms with Gasteiger partial charge in [-0.1, -0.05) is 5.10 Å². The van der Waals surface area contributed by atoms with Crippen LogP contribution >= 0.6 is 0 Å². The first kappa shape index (κ1) is 12.4. The van der Waals surface area contributed by atoms with Gasteiger partial charge in [-0.3, -0.25) is 15.1 Å². The van der Waals surface area contributed by atoms with Crippen LogP contribution in [0.5, 0.6) is 0 Å². The molecule has 1 saturated heterocycles. The van der Waals surface area contributed by atoms with Crippen molar-refractivity contribution in [2.75, 3.05) is 36.5 Å². The monoisotopic (exact) mass is 276 g/mol. The number of aromatic nitrogens is 6. The minimum Gasteiger partial charge on any atom is -0.378 e. The number of ether oxygens (including phenoxy) is 1. The molecule has 1 aliphatic rings. The number of carbonyl (C=O) groups excluding carboxylic acids is 1. The number of aromatic amines is 1. The van der Waals surface area contributed by atoms with Crippen LogP contribution in [-0.4, -0.2) is 62.8 Å². The summed E-state index contributed by atoms with van der Waals surface area (Å²) in [5.41, 5.74) is 0.193. The van der Waals surface area contributed by atoms with Gasteiger partial charge in [0, 0.05) is 13.1 Å². The van der Waals surface area contributed by atoms with Crippen molar-refractivity contribution in [1.82, 2.24) is 30.6 Å². The van der Waals surface area contributed by atoms with Gasteiger partial charge in [-0.25, -0.2) is 4.98 Å². The predicted molar refractivity (Wildman–Crippen MR) is 67.2 cm³/mol. The second kappa shape index (κ2) is 5.57. The van der Waals surface area contributed by atoms with Gasteiger partial charge in [0.2, 0.25) is 0 Å². The Bertz CT molecular complexity index is 581. The van der Waals surface area contributed by atoms with Crippen molar-refractivity contribution in [3.8, 4) is 0 Å². The van der Waals surface area contributed by atoms with Crippen LogP contribution in [0.1, 0.15) is 10.5 Å². The van der Waals surface area contributed by atoms with E-state index < -0.39 is 5.91 Å². The van der Waals surface area contributed by atoms with Gasteiger partial charge >= 0.3 is 0 Å². The van der Waals surface area contributed by atoms with E-state index in [2.05, 4.69) is 35.9 Å². The van der Waals surface area contributed by atoms with Gasteiger partial charge in [-0.2, -0.15) is 5.21 Å². The largest absolute Gasteiger partial charge is 0.378 e. The van der Waals surface area contributed by atoms with Gasteiger partial charge in [-0.05, 0) is 5.21 Å². The highest BCUT2D eigenvalue weighted by Crippen LogP contribution is 2.12. The van der Waals surface area contributed by atoms with Crippen molar-refractivity contribution in [3.05, 3.63) is 18.1 Å². The molecule has 0 unspecified atom stereocenters. The van der Waals surface area contributed by atoms with Crippen LogP contribution in [0.15, 0.2) is 12.4 Å². The molecule has 2 aromatic heterocycles. The Labute approximate surface area is 113 Å². The van der Waals surface area contributed by atoms with E-state index in [4.69, 9.17) is 4.74 Å². The minimum atomic E-state index is -0.436. The Hall–Kier alpha value is -2.62. The smallest absolute Gasteiger partial charge is 0.278 e. The molecule has 20 heavy (non-hydrogen) atoms. The van der Waals surface area contributed by atoms with Crippen molar-refractivity contribution in [2.45, 2.75) is 0 Å². The van der Waals surface area contributed by atoms with E-state index in [1.54, 1.807) is 6.20 Å². The van der Waals surface area contributed by atoms with Crippen molar-refractivity contribution in [3.63, 3.8) is 0 Å². The van der Waals surface area contributed by atoms with E-state index >= 15 is 0 Å². The van der Waals surface area contributed by atoms with E-state index in [-0.39, 0.29) is 11.6 Å². The minimum absolute atomic E-state index is 0.0913. The van der Waals surface area contributed by atoms with Crippen molar-refractivity contribution in [2.24, 2.45) is 0 Å². The van der Waals surface area contributed by atoms with Crippen LogP contribution in [0, 0.1) is 0 Å². The number of morpholine rings is 1. The molecule has 1 amide bonds. The fourth-order valence-corrected chi connectivity index (χ4v) is 1.79. The molecule has 0 bridgehead atoms. The number of nitrogens with one attached hydrogen (secondary N) is 2.